The number of fused-ring (bicyclic) bond motifs is 1. The Hall–Kier alpha value is -4.40. The lowest BCUT2D eigenvalue weighted by molar-refractivity contribution is -0.385. The molecule has 0 amide bonds. The quantitative estimate of drug-likeness (QED) is 0.287. The fraction of sp³-hybridized carbons (Fsp3) is 0.167. The number of aliphatic carboxylic acids is 1. The fourth-order valence-corrected chi connectivity index (χ4v) is 3.41. The number of aromatic nitrogens is 1. The van der Waals surface area contributed by atoms with Crippen LogP contribution in [-0.4, -0.2) is 27.1 Å². The first kappa shape index (κ1) is 21.8. The Morgan fingerprint density at radius 1 is 1.12 bits per heavy atom. The van der Waals surface area contributed by atoms with E-state index in [2.05, 4.69) is 4.98 Å². The van der Waals surface area contributed by atoms with Crippen LogP contribution >= 0.6 is 0 Å². The molecule has 0 saturated carbocycles. The zero-order valence-electron chi connectivity index (χ0n) is 17.7. The molecule has 1 heterocycles. The number of hydrogen-bond acceptors (Lipinski definition) is 7. The van der Waals surface area contributed by atoms with Crippen molar-refractivity contribution in [1.29, 1.82) is 0 Å². The molecule has 0 fully saturated rings. The van der Waals surface area contributed by atoms with E-state index in [0.29, 0.717) is 35.0 Å². The maximum Gasteiger partial charge on any atom is 0.344 e. The third kappa shape index (κ3) is 5.09. The highest BCUT2D eigenvalue weighted by molar-refractivity contribution is 5.74. The summed E-state index contributed by atoms with van der Waals surface area (Å²) >= 11 is 0. The number of rotatable bonds is 9. The van der Waals surface area contributed by atoms with E-state index >= 15 is 0 Å². The fourth-order valence-electron chi connectivity index (χ4n) is 3.41. The number of carboxylic acid groups (broad SMARTS) is 1. The molecule has 0 aliphatic rings. The van der Waals surface area contributed by atoms with Crippen molar-refractivity contribution in [3.8, 4) is 5.75 Å². The summed E-state index contributed by atoms with van der Waals surface area (Å²) in [5.41, 5.74) is 2.59. The molecule has 0 radical (unpaired) electrons. The molecule has 1 aromatic heterocycles. The maximum atomic E-state index is 11.5. The molecule has 0 spiro atoms. The van der Waals surface area contributed by atoms with Gasteiger partial charge in [0.05, 0.1) is 11.5 Å². The summed E-state index contributed by atoms with van der Waals surface area (Å²) in [6.07, 6.45) is -1.000. The standard InChI is InChI=1S/C24H21N3O6/c1-16(23(28)29)32-19-9-6-7-17(13-19)14-26(15-18-8-2-4-11-21(18)27(30)31)24-25-20-10-3-5-12-22(20)33-24/h2-13,16H,14-15H2,1H3,(H,28,29). The molecule has 1 atom stereocenters. The van der Waals surface area contributed by atoms with Gasteiger partial charge in [0.1, 0.15) is 11.3 Å². The molecule has 33 heavy (non-hydrogen) atoms. The Balaban J connectivity index is 1.68. The highest BCUT2D eigenvalue weighted by Crippen LogP contribution is 2.28. The van der Waals surface area contributed by atoms with Crippen LogP contribution in [0.15, 0.2) is 77.2 Å². The summed E-state index contributed by atoms with van der Waals surface area (Å²) in [7, 11) is 0. The molecule has 1 N–H and O–H groups in total. The lowest BCUT2D eigenvalue weighted by Gasteiger charge is -2.21. The summed E-state index contributed by atoms with van der Waals surface area (Å²) < 4.78 is 11.4. The minimum atomic E-state index is -1.06. The van der Waals surface area contributed by atoms with Crippen LogP contribution < -0.4 is 9.64 Å². The summed E-state index contributed by atoms with van der Waals surface area (Å²) in [4.78, 5) is 28.6. The second-order valence-corrected chi connectivity index (χ2v) is 7.45. The molecule has 0 aliphatic heterocycles. The second-order valence-electron chi connectivity index (χ2n) is 7.45. The molecule has 168 valence electrons. The predicted molar refractivity (Wildman–Crippen MR) is 121 cm³/mol. The van der Waals surface area contributed by atoms with Crippen molar-refractivity contribution in [1.82, 2.24) is 4.98 Å². The van der Waals surface area contributed by atoms with Crippen molar-refractivity contribution in [2.45, 2.75) is 26.1 Å². The van der Waals surface area contributed by atoms with Gasteiger partial charge in [-0.1, -0.05) is 42.5 Å². The first-order valence-electron chi connectivity index (χ1n) is 10.2. The number of benzene rings is 3. The Morgan fingerprint density at radius 2 is 1.88 bits per heavy atom. The molecule has 9 heteroatoms. The molecule has 0 bridgehead atoms. The minimum absolute atomic E-state index is 0.00554. The predicted octanol–water partition coefficient (Wildman–Crippen LogP) is 4.79. The molecule has 0 saturated heterocycles. The molecule has 3 aromatic carbocycles. The summed E-state index contributed by atoms with van der Waals surface area (Å²) in [5.74, 6) is -0.657. The van der Waals surface area contributed by atoms with Crippen molar-refractivity contribution >= 4 is 28.8 Å². The van der Waals surface area contributed by atoms with Crippen LogP contribution in [0.25, 0.3) is 11.1 Å². The van der Waals surface area contributed by atoms with Gasteiger partial charge < -0.3 is 19.2 Å². The van der Waals surface area contributed by atoms with Crippen molar-refractivity contribution in [2.75, 3.05) is 4.90 Å². The van der Waals surface area contributed by atoms with Crippen molar-refractivity contribution in [2.24, 2.45) is 0 Å². The third-order valence-electron chi connectivity index (χ3n) is 5.04. The van der Waals surface area contributed by atoms with Crippen LogP contribution in [0.2, 0.25) is 0 Å². The SMILES string of the molecule is CC(Oc1cccc(CN(Cc2ccccc2[N+](=O)[O-])c2nc3ccccc3o2)c1)C(=O)O. The van der Waals surface area contributed by atoms with Gasteiger partial charge in [-0.15, -0.1) is 0 Å². The van der Waals surface area contributed by atoms with Crippen LogP contribution in [0.4, 0.5) is 11.7 Å². The number of oxazole rings is 1. The van der Waals surface area contributed by atoms with Gasteiger partial charge in [0.2, 0.25) is 0 Å². The molecule has 9 nitrogen and oxygen atoms in total. The van der Waals surface area contributed by atoms with E-state index in [1.807, 2.05) is 24.3 Å². The number of nitro groups is 1. The maximum absolute atomic E-state index is 11.5. The van der Waals surface area contributed by atoms with Crippen molar-refractivity contribution in [3.05, 3.63) is 94.0 Å². The Kier molecular flexibility index (Phi) is 6.21. The van der Waals surface area contributed by atoms with Gasteiger partial charge >= 0.3 is 5.97 Å². The Morgan fingerprint density at radius 3 is 2.64 bits per heavy atom. The monoisotopic (exact) mass is 447 g/mol. The number of nitrogens with zero attached hydrogens (tertiary/aromatic N) is 3. The number of hydrogen-bond donors (Lipinski definition) is 1. The highest BCUT2D eigenvalue weighted by atomic mass is 16.6. The lowest BCUT2D eigenvalue weighted by atomic mass is 10.1. The van der Waals surface area contributed by atoms with E-state index in [1.54, 1.807) is 47.4 Å². The molecular weight excluding hydrogens is 426 g/mol. The number of para-hydroxylation sites is 3. The van der Waals surface area contributed by atoms with E-state index in [-0.39, 0.29) is 12.2 Å². The van der Waals surface area contributed by atoms with Gasteiger partial charge in [-0.25, -0.2) is 4.79 Å². The van der Waals surface area contributed by atoms with Gasteiger partial charge in [0, 0.05) is 18.2 Å². The Bertz CT molecular complexity index is 1270. The number of ether oxygens (including phenoxy) is 1. The van der Waals surface area contributed by atoms with E-state index in [1.165, 1.54) is 13.0 Å². The van der Waals surface area contributed by atoms with Gasteiger partial charge in [0.25, 0.3) is 11.7 Å². The van der Waals surface area contributed by atoms with E-state index in [0.717, 1.165) is 5.56 Å². The van der Waals surface area contributed by atoms with Crippen molar-refractivity contribution in [3.63, 3.8) is 0 Å². The number of nitro benzene ring substituents is 1. The summed E-state index contributed by atoms with van der Waals surface area (Å²) in [6, 6.07) is 21.2. The largest absolute Gasteiger partial charge is 0.479 e. The van der Waals surface area contributed by atoms with Gasteiger partial charge in [0.15, 0.2) is 11.7 Å². The number of anilines is 1. The normalized spacial score (nSPS) is 11.8. The summed E-state index contributed by atoms with van der Waals surface area (Å²) in [5, 5.41) is 20.6. The minimum Gasteiger partial charge on any atom is -0.479 e. The zero-order valence-corrected chi connectivity index (χ0v) is 17.7. The first-order valence-corrected chi connectivity index (χ1v) is 10.2. The molecule has 0 aliphatic carbocycles. The Labute approximate surface area is 189 Å². The highest BCUT2D eigenvalue weighted by Gasteiger charge is 2.21. The van der Waals surface area contributed by atoms with Crippen LogP contribution in [0.3, 0.4) is 0 Å². The van der Waals surface area contributed by atoms with Gasteiger partial charge in [-0.05, 0) is 36.8 Å². The molecular formula is C24H21N3O6. The third-order valence-corrected chi connectivity index (χ3v) is 5.04. The lowest BCUT2D eigenvalue weighted by Crippen LogP contribution is -2.24. The first-order chi connectivity index (χ1) is 15.9. The van der Waals surface area contributed by atoms with E-state index in [4.69, 9.17) is 14.3 Å². The van der Waals surface area contributed by atoms with Gasteiger partial charge in [-0.3, -0.25) is 10.1 Å². The second kappa shape index (κ2) is 9.39. The summed E-state index contributed by atoms with van der Waals surface area (Å²) in [6.45, 7) is 1.94. The van der Waals surface area contributed by atoms with E-state index < -0.39 is 17.0 Å². The van der Waals surface area contributed by atoms with Crippen LogP contribution in [-0.2, 0) is 17.9 Å². The smallest absolute Gasteiger partial charge is 0.344 e. The van der Waals surface area contributed by atoms with Gasteiger partial charge in [-0.2, -0.15) is 4.98 Å². The van der Waals surface area contributed by atoms with E-state index in [9.17, 15) is 14.9 Å². The number of carboxylic acids is 1. The molecule has 4 aromatic rings. The number of carbonyl (C=O) groups is 1. The van der Waals surface area contributed by atoms with Crippen LogP contribution in [0.1, 0.15) is 18.1 Å². The average Bonchev–Trinajstić information content (AvgIpc) is 3.23. The molecule has 4 rings (SSSR count). The van der Waals surface area contributed by atoms with Crippen LogP contribution in [0, 0.1) is 10.1 Å². The molecule has 1 unspecified atom stereocenters. The van der Waals surface area contributed by atoms with Crippen molar-refractivity contribution < 1.29 is 24.0 Å². The average molecular weight is 447 g/mol. The topological polar surface area (TPSA) is 119 Å². The zero-order chi connectivity index (χ0) is 23.4. The van der Waals surface area contributed by atoms with Crippen LogP contribution in [0.5, 0.6) is 5.75 Å².